The van der Waals surface area contributed by atoms with E-state index in [-0.39, 0.29) is 0 Å². The second-order valence-corrected chi connectivity index (χ2v) is 5.42. The van der Waals surface area contributed by atoms with E-state index < -0.39 is 41.9 Å². The fourth-order valence-electron chi connectivity index (χ4n) is 2.84. The normalized spacial score (nSPS) is 17.5. The molecule has 1 aliphatic carbocycles. The summed E-state index contributed by atoms with van der Waals surface area (Å²) in [6.45, 7) is 0. The number of hydrogen-bond acceptors (Lipinski definition) is 5. The number of ether oxygens (including phenoxy) is 2. The molecule has 0 aromatic carbocycles. The second kappa shape index (κ2) is 8.16. The number of esters is 2. The summed E-state index contributed by atoms with van der Waals surface area (Å²) < 4.78 is 46.7. The third kappa shape index (κ3) is 5.11. The molecular weight excluding hydrogens is 319 g/mol. The number of nitrogens with one attached hydrogen (secondary N) is 1. The van der Waals surface area contributed by atoms with Gasteiger partial charge in [0, 0.05) is 0 Å². The highest BCUT2D eigenvalue weighted by Crippen LogP contribution is 2.31. The van der Waals surface area contributed by atoms with Gasteiger partial charge in [-0.1, -0.05) is 19.3 Å². The molecule has 0 aromatic heterocycles. The van der Waals surface area contributed by atoms with Gasteiger partial charge in [0.25, 0.3) is 0 Å². The number of carbonyl (C=O) groups is 3. The summed E-state index contributed by atoms with van der Waals surface area (Å²) in [4.78, 5) is 35.0. The minimum Gasteiger partial charge on any atom is -0.468 e. The predicted octanol–water partition coefficient (Wildman–Crippen LogP) is 1.58. The van der Waals surface area contributed by atoms with Crippen molar-refractivity contribution in [3.05, 3.63) is 0 Å². The summed E-state index contributed by atoms with van der Waals surface area (Å²) in [6, 6.07) is -1.32. The van der Waals surface area contributed by atoms with E-state index in [1.807, 2.05) is 0 Å². The van der Waals surface area contributed by atoms with E-state index in [1.165, 1.54) is 0 Å². The fraction of sp³-hybridized carbons (Fsp3) is 0.786. The zero-order chi connectivity index (χ0) is 17.6. The van der Waals surface area contributed by atoms with Crippen LogP contribution in [0.5, 0.6) is 0 Å². The minimum atomic E-state index is -5.11. The Morgan fingerprint density at radius 3 is 1.87 bits per heavy atom. The van der Waals surface area contributed by atoms with Crippen molar-refractivity contribution in [2.75, 3.05) is 14.2 Å². The molecule has 1 N–H and O–H groups in total. The van der Waals surface area contributed by atoms with Gasteiger partial charge in [0.2, 0.25) is 0 Å². The summed E-state index contributed by atoms with van der Waals surface area (Å²) in [6.07, 6.45) is -1.68. The molecule has 23 heavy (non-hydrogen) atoms. The number of halogens is 3. The number of methoxy groups -OCH3 is 2. The molecule has 0 aliphatic heterocycles. The third-order valence-electron chi connectivity index (χ3n) is 3.98. The van der Waals surface area contributed by atoms with Gasteiger partial charge in [0.15, 0.2) is 5.92 Å². The van der Waals surface area contributed by atoms with Crippen molar-refractivity contribution in [3.8, 4) is 0 Å². The summed E-state index contributed by atoms with van der Waals surface area (Å²) in [5, 5.41) is 1.79. The first kappa shape index (κ1) is 19.2. The Kier molecular flexibility index (Phi) is 6.83. The van der Waals surface area contributed by atoms with E-state index in [4.69, 9.17) is 0 Å². The van der Waals surface area contributed by atoms with Crippen molar-refractivity contribution >= 4 is 17.8 Å². The maximum atomic E-state index is 12.6. The van der Waals surface area contributed by atoms with Crippen molar-refractivity contribution in [1.29, 1.82) is 0 Å². The molecule has 0 bridgehead atoms. The Balaban J connectivity index is 3.10. The van der Waals surface area contributed by atoms with Gasteiger partial charge in [-0.3, -0.25) is 14.4 Å². The van der Waals surface area contributed by atoms with Gasteiger partial charge in [-0.2, -0.15) is 13.2 Å². The Bertz CT molecular complexity index is 430. The van der Waals surface area contributed by atoms with Gasteiger partial charge >= 0.3 is 24.0 Å². The van der Waals surface area contributed by atoms with E-state index in [1.54, 1.807) is 5.32 Å². The van der Waals surface area contributed by atoms with Crippen LogP contribution >= 0.6 is 0 Å². The number of amides is 1. The molecule has 0 saturated heterocycles. The van der Waals surface area contributed by atoms with Crippen LogP contribution in [0.15, 0.2) is 0 Å². The van der Waals surface area contributed by atoms with Crippen LogP contribution in [-0.2, 0) is 23.9 Å². The van der Waals surface area contributed by atoms with Crippen LogP contribution in [0, 0.1) is 11.8 Å². The number of rotatable bonds is 5. The number of alkyl halides is 3. The zero-order valence-corrected chi connectivity index (χ0v) is 12.9. The van der Waals surface area contributed by atoms with Gasteiger partial charge in [0.05, 0.1) is 20.3 Å². The van der Waals surface area contributed by atoms with Crippen molar-refractivity contribution < 1.29 is 37.0 Å². The highest BCUT2D eigenvalue weighted by molar-refractivity contribution is 5.96. The van der Waals surface area contributed by atoms with Gasteiger partial charge in [-0.05, 0) is 18.8 Å². The maximum absolute atomic E-state index is 12.6. The van der Waals surface area contributed by atoms with Crippen LogP contribution in [0.2, 0.25) is 0 Å². The summed E-state index contributed by atoms with van der Waals surface area (Å²) in [7, 11) is 2.03. The quantitative estimate of drug-likeness (QED) is 0.607. The van der Waals surface area contributed by atoms with Crippen LogP contribution in [0.1, 0.15) is 32.1 Å². The summed E-state index contributed by atoms with van der Waals surface area (Å²) in [5.41, 5.74) is 0. The minimum absolute atomic E-state index is 0.432. The molecule has 0 spiro atoms. The van der Waals surface area contributed by atoms with E-state index in [9.17, 15) is 27.6 Å². The van der Waals surface area contributed by atoms with E-state index >= 15 is 0 Å². The van der Waals surface area contributed by atoms with Crippen LogP contribution < -0.4 is 5.32 Å². The zero-order valence-electron chi connectivity index (χ0n) is 12.9. The van der Waals surface area contributed by atoms with Gasteiger partial charge < -0.3 is 14.8 Å². The molecule has 0 radical (unpaired) electrons. The van der Waals surface area contributed by atoms with Crippen LogP contribution in [0.25, 0.3) is 0 Å². The maximum Gasteiger partial charge on any atom is 0.471 e. The molecule has 1 amide bonds. The van der Waals surface area contributed by atoms with Gasteiger partial charge in [-0.25, -0.2) is 0 Å². The molecule has 1 saturated carbocycles. The highest BCUT2D eigenvalue weighted by Gasteiger charge is 2.47. The molecular formula is C14H20F3NO5. The molecule has 1 rings (SSSR count). The van der Waals surface area contributed by atoms with E-state index in [0.29, 0.717) is 12.8 Å². The Labute approximate surface area is 131 Å². The molecule has 6 nitrogen and oxygen atoms in total. The van der Waals surface area contributed by atoms with Crippen LogP contribution in [0.3, 0.4) is 0 Å². The van der Waals surface area contributed by atoms with E-state index in [0.717, 1.165) is 33.5 Å². The first-order valence-electron chi connectivity index (χ1n) is 7.25. The Morgan fingerprint density at radius 1 is 1.00 bits per heavy atom. The second-order valence-electron chi connectivity index (χ2n) is 5.42. The molecule has 1 aliphatic rings. The van der Waals surface area contributed by atoms with Crippen molar-refractivity contribution in [3.63, 3.8) is 0 Å². The average Bonchev–Trinajstić information content (AvgIpc) is 2.53. The number of hydrogen-bond donors (Lipinski definition) is 1. The lowest BCUT2D eigenvalue weighted by Gasteiger charge is -2.34. The number of carbonyl (C=O) groups excluding carboxylic acids is 3. The smallest absolute Gasteiger partial charge is 0.468 e. The lowest BCUT2D eigenvalue weighted by atomic mass is 9.78. The first-order valence-corrected chi connectivity index (χ1v) is 7.25. The molecule has 1 unspecified atom stereocenters. The standard InChI is InChI=1S/C14H20F3NO5/c1-22-11(19)9(12(20)23-2)10(8-6-4-3-5-7-8)18-13(21)14(15,16)17/h8-10H,3-7H2,1-2H3,(H,18,21). The topological polar surface area (TPSA) is 81.7 Å². The predicted molar refractivity (Wildman–Crippen MR) is 72.1 cm³/mol. The SMILES string of the molecule is COC(=O)C(C(=O)OC)C(NC(=O)C(F)(F)F)C1CCCCC1. The van der Waals surface area contributed by atoms with Crippen LogP contribution in [0.4, 0.5) is 13.2 Å². The Hall–Kier alpha value is -1.80. The van der Waals surface area contributed by atoms with Gasteiger partial charge in [-0.15, -0.1) is 0 Å². The molecule has 132 valence electrons. The monoisotopic (exact) mass is 339 g/mol. The van der Waals surface area contributed by atoms with Gasteiger partial charge in [0.1, 0.15) is 0 Å². The fourth-order valence-corrected chi connectivity index (χ4v) is 2.84. The summed E-state index contributed by atoms with van der Waals surface area (Å²) in [5.74, 6) is -6.31. The highest BCUT2D eigenvalue weighted by atomic mass is 19.4. The largest absolute Gasteiger partial charge is 0.471 e. The van der Waals surface area contributed by atoms with Crippen molar-refractivity contribution in [1.82, 2.24) is 5.32 Å². The Morgan fingerprint density at radius 2 is 1.48 bits per heavy atom. The average molecular weight is 339 g/mol. The molecule has 0 aromatic rings. The van der Waals surface area contributed by atoms with Crippen LogP contribution in [-0.4, -0.2) is 44.3 Å². The van der Waals surface area contributed by atoms with E-state index in [2.05, 4.69) is 9.47 Å². The molecule has 9 heteroatoms. The van der Waals surface area contributed by atoms with Crippen molar-refractivity contribution in [2.24, 2.45) is 11.8 Å². The first-order chi connectivity index (χ1) is 10.7. The molecule has 1 atom stereocenters. The molecule has 0 heterocycles. The molecule has 1 fully saturated rings. The summed E-state index contributed by atoms with van der Waals surface area (Å²) >= 11 is 0. The third-order valence-corrected chi connectivity index (χ3v) is 3.98. The lowest BCUT2D eigenvalue weighted by Crippen LogP contribution is -2.54. The van der Waals surface area contributed by atoms with Crippen molar-refractivity contribution in [2.45, 2.75) is 44.3 Å². The lowest BCUT2D eigenvalue weighted by molar-refractivity contribution is -0.177.